The number of nitrogens with zero attached hydrogens (tertiary/aromatic N) is 4. The lowest BCUT2D eigenvalue weighted by Gasteiger charge is -2.15. The monoisotopic (exact) mass is 351 g/mol. The quantitative estimate of drug-likeness (QED) is 0.845. The highest BCUT2D eigenvalue weighted by molar-refractivity contribution is 6.22. The van der Waals surface area contributed by atoms with Crippen molar-refractivity contribution in [3.05, 3.63) is 46.6 Å². The van der Waals surface area contributed by atoms with Crippen LogP contribution in [0.4, 0.5) is 5.82 Å². The summed E-state index contributed by atoms with van der Waals surface area (Å²) in [6, 6.07) is 6.33. The highest BCUT2D eigenvalue weighted by atomic mass is 16.2. The summed E-state index contributed by atoms with van der Waals surface area (Å²) in [5.41, 5.74) is 0.969. The number of hydrogen-bond acceptors (Lipinski definition) is 5. The smallest absolute Gasteiger partial charge is 0.261 e. The second kappa shape index (κ2) is 6.44. The number of aromatic nitrogens is 2. The molecule has 0 fully saturated rings. The van der Waals surface area contributed by atoms with Crippen molar-refractivity contribution in [1.29, 1.82) is 5.26 Å². The lowest BCUT2D eigenvalue weighted by molar-refractivity contribution is 0.0636. The van der Waals surface area contributed by atoms with Gasteiger partial charge in [0.05, 0.1) is 17.3 Å². The molecule has 1 aromatic carbocycles. The van der Waals surface area contributed by atoms with Gasteiger partial charge in [0.1, 0.15) is 17.5 Å². The second-order valence-corrected chi connectivity index (χ2v) is 6.47. The molecule has 8 nitrogen and oxygen atoms in total. The number of carbonyl (C=O) groups excluding carboxylic acids is 3. The van der Waals surface area contributed by atoms with Gasteiger partial charge in [-0.3, -0.25) is 24.0 Å². The van der Waals surface area contributed by atoms with E-state index in [1.807, 2.05) is 19.9 Å². The molecule has 1 aliphatic heterocycles. The number of rotatable bonds is 4. The molecule has 1 N–H and O–H groups in total. The van der Waals surface area contributed by atoms with E-state index in [0.717, 1.165) is 0 Å². The zero-order chi connectivity index (χ0) is 19.0. The average molecular weight is 351 g/mol. The molecule has 0 radical (unpaired) electrons. The van der Waals surface area contributed by atoms with Gasteiger partial charge in [-0.15, -0.1) is 0 Å². The van der Waals surface area contributed by atoms with Gasteiger partial charge in [-0.1, -0.05) is 13.8 Å². The fourth-order valence-electron chi connectivity index (χ4n) is 2.81. The minimum atomic E-state index is -0.490. The van der Waals surface area contributed by atoms with E-state index in [9.17, 15) is 14.4 Å². The Hall–Kier alpha value is -3.47. The predicted molar refractivity (Wildman–Crippen MR) is 92.5 cm³/mol. The Bertz CT molecular complexity index is 968. The van der Waals surface area contributed by atoms with Crippen LogP contribution < -0.4 is 5.32 Å². The van der Waals surface area contributed by atoms with Crippen molar-refractivity contribution < 1.29 is 14.4 Å². The molecule has 0 aliphatic carbocycles. The summed E-state index contributed by atoms with van der Waals surface area (Å²) >= 11 is 0. The maximum atomic E-state index is 12.5. The summed E-state index contributed by atoms with van der Waals surface area (Å²) in [4.78, 5) is 38.6. The van der Waals surface area contributed by atoms with E-state index in [2.05, 4.69) is 10.4 Å². The maximum Gasteiger partial charge on any atom is 0.261 e. The first-order valence-electron chi connectivity index (χ1n) is 8.07. The Morgan fingerprint density at radius 2 is 1.96 bits per heavy atom. The van der Waals surface area contributed by atoms with Gasteiger partial charge in [-0.05, 0) is 24.1 Å². The number of aryl methyl sites for hydroxylation is 1. The number of anilines is 1. The predicted octanol–water partition coefficient (Wildman–Crippen LogP) is 1.80. The molecule has 2 heterocycles. The third-order valence-corrected chi connectivity index (χ3v) is 4.07. The largest absolute Gasteiger partial charge is 0.306 e. The number of benzene rings is 1. The zero-order valence-corrected chi connectivity index (χ0v) is 14.6. The number of carbonyl (C=O) groups is 3. The fraction of sp³-hybridized carbons (Fsp3) is 0.278. The first-order valence-corrected chi connectivity index (χ1v) is 8.07. The minimum absolute atomic E-state index is 0.147. The molecular formula is C18H17N5O3. The third-order valence-electron chi connectivity index (χ3n) is 4.07. The van der Waals surface area contributed by atoms with Gasteiger partial charge in [-0.25, -0.2) is 0 Å². The van der Waals surface area contributed by atoms with Crippen LogP contribution in [0.15, 0.2) is 24.4 Å². The van der Waals surface area contributed by atoms with Crippen molar-refractivity contribution in [2.75, 3.05) is 11.9 Å². The molecular weight excluding hydrogens is 334 g/mol. The molecule has 1 aromatic heterocycles. The van der Waals surface area contributed by atoms with Gasteiger partial charge >= 0.3 is 0 Å². The Labute approximate surface area is 150 Å². The van der Waals surface area contributed by atoms with E-state index in [-0.39, 0.29) is 34.3 Å². The Balaban J connectivity index is 1.89. The van der Waals surface area contributed by atoms with Gasteiger partial charge < -0.3 is 5.32 Å². The summed E-state index contributed by atoms with van der Waals surface area (Å²) in [7, 11) is 1.60. The molecule has 26 heavy (non-hydrogen) atoms. The van der Waals surface area contributed by atoms with Crippen LogP contribution in [0.25, 0.3) is 0 Å². The van der Waals surface area contributed by atoms with Gasteiger partial charge in [0.2, 0.25) is 0 Å². The summed E-state index contributed by atoms with van der Waals surface area (Å²) in [6.07, 6.45) is 1.35. The highest BCUT2D eigenvalue weighted by Crippen LogP contribution is 2.25. The lowest BCUT2D eigenvalue weighted by Crippen LogP contribution is -2.33. The Morgan fingerprint density at radius 1 is 1.27 bits per heavy atom. The molecule has 0 saturated carbocycles. The van der Waals surface area contributed by atoms with Crippen LogP contribution >= 0.6 is 0 Å². The van der Waals surface area contributed by atoms with Gasteiger partial charge in [-0.2, -0.15) is 10.4 Å². The van der Waals surface area contributed by atoms with Crippen molar-refractivity contribution in [3.8, 4) is 6.07 Å². The normalized spacial score (nSPS) is 13.1. The zero-order valence-electron chi connectivity index (χ0n) is 14.6. The van der Waals surface area contributed by atoms with Crippen LogP contribution in [0.5, 0.6) is 0 Å². The van der Waals surface area contributed by atoms with Crippen LogP contribution in [0, 0.1) is 17.2 Å². The molecule has 0 atom stereocenters. The second-order valence-electron chi connectivity index (χ2n) is 6.47. The molecule has 3 rings (SSSR count). The van der Waals surface area contributed by atoms with E-state index >= 15 is 0 Å². The van der Waals surface area contributed by atoms with E-state index in [0.29, 0.717) is 12.1 Å². The molecule has 2 aromatic rings. The van der Waals surface area contributed by atoms with Crippen LogP contribution in [-0.2, 0) is 7.05 Å². The molecule has 0 saturated heterocycles. The summed E-state index contributed by atoms with van der Waals surface area (Å²) in [5.74, 6) is -0.817. The van der Waals surface area contributed by atoms with Crippen molar-refractivity contribution in [2.24, 2.45) is 13.0 Å². The summed E-state index contributed by atoms with van der Waals surface area (Å²) in [5, 5.41) is 15.6. The van der Waals surface area contributed by atoms with Crippen LogP contribution in [0.3, 0.4) is 0 Å². The van der Waals surface area contributed by atoms with E-state index < -0.39 is 11.8 Å². The maximum absolute atomic E-state index is 12.5. The standard InChI is InChI=1S/C18H17N5O3/c1-10(2)9-23-17(25)13-5-4-11(6-14(13)18(23)26)16(24)21-15-12(7-19)8-20-22(15)3/h4-6,8,10H,9H2,1-3H3,(H,21,24). The number of amides is 3. The number of hydrogen-bond donors (Lipinski definition) is 1. The van der Waals surface area contributed by atoms with Crippen LogP contribution in [0.1, 0.15) is 50.5 Å². The lowest BCUT2D eigenvalue weighted by atomic mass is 10.1. The summed E-state index contributed by atoms with van der Waals surface area (Å²) in [6.45, 7) is 4.17. The van der Waals surface area contributed by atoms with Gasteiger partial charge in [0.25, 0.3) is 17.7 Å². The van der Waals surface area contributed by atoms with Crippen molar-refractivity contribution in [1.82, 2.24) is 14.7 Å². The minimum Gasteiger partial charge on any atom is -0.306 e. The average Bonchev–Trinajstić information content (AvgIpc) is 3.07. The number of nitriles is 1. The molecule has 1 aliphatic rings. The molecule has 132 valence electrons. The number of nitrogens with one attached hydrogen (secondary N) is 1. The van der Waals surface area contributed by atoms with E-state index in [4.69, 9.17) is 5.26 Å². The molecule has 0 unspecified atom stereocenters. The molecule has 0 bridgehead atoms. The van der Waals surface area contributed by atoms with Crippen LogP contribution in [0.2, 0.25) is 0 Å². The Kier molecular flexibility index (Phi) is 4.30. The summed E-state index contributed by atoms with van der Waals surface area (Å²) < 4.78 is 1.38. The van der Waals surface area contributed by atoms with E-state index in [1.54, 1.807) is 7.05 Å². The first-order chi connectivity index (χ1) is 12.3. The van der Waals surface area contributed by atoms with E-state index in [1.165, 1.54) is 34.0 Å². The molecule has 8 heteroatoms. The number of fused-ring (bicyclic) bond motifs is 1. The molecule has 0 spiro atoms. The first kappa shape index (κ1) is 17.4. The van der Waals surface area contributed by atoms with Crippen molar-refractivity contribution in [2.45, 2.75) is 13.8 Å². The van der Waals surface area contributed by atoms with Crippen LogP contribution in [-0.4, -0.2) is 38.9 Å². The molecule has 3 amide bonds. The van der Waals surface area contributed by atoms with Crippen molar-refractivity contribution >= 4 is 23.5 Å². The number of imide groups is 1. The topological polar surface area (TPSA) is 108 Å². The fourth-order valence-corrected chi connectivity index (χ4v) is 2.81. The van der Waals surface area contributed by atoms with Crippen molar-refractivity contribution in [3.63, 3.8) is 0 Å². The van der Waals surface area contributed by atoms with Gasteiger partial charge in [0, 0.05) is 19.2 Å². The SMILES string of the molecule is CC(C)CN1C(=O)c2ccc(C(=O)Nc3c(C#N)cnn3C)cc2C1=O. The Morgan fingerprint density at radius 3 is 2.62 bits per heavy atom. The third kappa shape index (κ3) is 2.84. The van der Waals surface area contributed by atoms with Gasteiger partial charge in [0.15, 0.2) is 0 Å². The highest BCUT2D eigenvalue weighted by Gasteiger charge is 2.36.